The van der Waals surface area contributed by atoms with E-state index in [4.69, 9.17) is 5.26 Å². The first-order valence-corrected chi connectivity index (χ1v) is 7.84. The Balaban J connectivity index is 1.90. The maximum absolute atomic E-state index is 12.0. The van der Waals surface area contributed by atoms with E-state index >= 15 is 0 Å². The van der Waals surface area contributed by atoms with Gasteiger partial charge in [-0.05, 0) is 49.9 Å². The number of amides is 2. The van der Waals surface area contributed by atoms with Crippen molar-refractivity contribution in [3.8, 4) is 6.07 Å². The standard InChI is InChI=1S/C18H21N3O2/c1-13(14-4-2-3-5-14)12-18(23)21-16-8-6-15(7-9-16)20-17(22)10-11-19/h6-9,12,14H,2-5,10H2,1H3,(H,20,22)(H,21,23)/b13-12+. The van der Waals surface area contributed by atoms with Crippen LogP contribution in [0.25, 0.3) is 0 Å². The summed E-state index contributed by atoms with van der Waals surface area (Å²) in [5, 5.41) is 13.9. The van der Waals surface area contributed by atoms with Crippen LogP contribution in [0.1, 0.15) is 39.0 Å². The monoisotopic (exact) mass is 311 g/mol. The molecule has 5 nitrogen and oxygen atoms in total. The maximum Gasteiger partial charge on any atom is 0.248 e. The molecule has 0 heterocycles. The Hall–Kier alpha value is -2.61. The van der Waals surface area contributed by atoms with E-state index in [1.807, 2.05) is 6.92 Å². The van der Waals surface area contributed by atoms with Crippen LogP contribution in [0.5, 0.6) is 0 Å². The Morgan fingerprint density at radius 2 is 1.74 bits per heavy atom. The summed E-state index contributed by atoms with van der Waals surface area (Å²) >= 11 is 0. The summed E-state index contributed by atoms with van der Waals surface area (Å²) in [5.74, 6) is 0.0635. The van der Waals surface area contributed by atoms with Crippen molar-refractivity contribution in [1.82, 2.24) is 0 Å². The highest BCUT2D eigenvalue weighted by molar-refractivity contribution is 6.00. The normalized spacial score (nSPS) is 15.0. The number of nitriles is 1. The highest BCUT2D eigenvalue weighted by Crippen LogP contribution is 2.30. The summed E-state index contributed by atoms with van der Waals surface area (Å²) in [6.07, 6.45) is 6.34. The molecule has 1 saturated carbocycles. The van der Waals surface area contributed by atoms with Gasteiger partial charge < -0.3 is 10.6 Å². The predicted molar refractivity (Wildman–Crippen MR) is 89.6 cm³/mol. The van der Waals surface area contributed by atoms with Gasteiger partial charge in [-0.1, -0.05) is 18.4 Å². The number of carbonyl (C=O) groups excluding carboxylic acids is 2. The molecular weight excluding hydrogens is 290 g/mol. The van der Waals surface area contributed by atoms with Crippen LogP contribution < -0.4 is 10.6 Å². The second kappa shape index (κ2) is 8.14. The number of carbonyl (C=O) groups is 2. The van der Waals surface area contributed by atoms with Gasteiger partial charge >= 0.3 is 0 Å². The zero-order valence-electron chi connectivity index (χ0n) is 13.3. The van der Waals surface area contributed by atoms with Crippen LogP contribution in [-0.4, -0.2) is 11.8 Å². The molecule has 2 amide bonds. The maximum atomic E-state index is 12.0. The van der Waals surface area contributed by atoms with E-state index in [0.717, 1.165) is 5.57 Å². The van der Waals surface area contributed by atoms with E-state index in [2.05, 4.69) is 10.6 Å². The molecule has 2 N–H and O–H groups in total. The van der Waals surface area contributed by atoms with E-state index in [9.17, 15) is 9.59 Å². The third-order valence-corrected chi connectivity index (χ3v) is 4.03. The van der Waals surface area contributed by atoms with E-state index in [1.165, 1.54) is 25.7 Å². The molecule has 0 aromatic heterocycles. The molecule has 1 fully saturated rings. The predicted octanol–water partition coefficient (Wildman–Crippen LogP) is 3.61. The van der Waals surface area contributed by atoms with Gasteiger partial charge in [0.25, 0.3) is 0 Å². The zero-order valence-corrected chi connectivity index (χ0v) is 13.3. The van der Waals surface area contributed by atoms with Crippen LogP contribution in [0.4, 0.5) is 11.4 Å². The lowest BCUT2D eigenvalue weighted by molar-refractivity contribution is -0.115. The van der Waals surface area contributed by atoms with Crippen molar-refractivity contribution in [2.24, 2.45) is 5.92 Å². The Morgan fingerprint density at radius 3 is 2.30 bits per heavy atom. The van der Waals surface area contributed by atoms with Crippen LogP contribution in [0.15, 0.2) is 35.9 Å². The van der Waals surface area contributed by atoms with Gasteiger partial charge in [-0.2, -0.15) is 5.26 Å². The highest BCUT2D eigenvalue weighted by atomic mass is 16.2. The number of anilines is 2. The minimum absolute atomic E-state index is 0.129. The van der Waals surface area contributed by atoms with E-state index in [1.54, 1.807) is 36.4 Å². The molecule has 0 atom stereocenters. The van der Waals surface area contributed by atoms with Crippen LogP contribution in [-0.2, 0) is 9.59 Å². The van der Waals surface area contributed by atoms with Crippen LogP contribution in [0.2, 0.25) is 0 Å². The Morgan fingerprint density at radius 1 is 1.17 bits per heavy atom. The fraction of sp³-hybridized carbons (Fsp3) is 0.389. The van der Waals surface area contributed by atoms with Gasteiger partial charge in [0, 0.05) is 17.5 Å². The van der Waals surface area contributed by atoms with Crippen molar-refractivity contribution < 1.29 is 9.59 Å². The van der Waals surface area contributed by atoms with Gasteiger partial charge in [-0.3, -0.25) is 9.59 Å². The molecule has 0 radical (unpaired) electrons. The topological polar surface area (TPSA) is 82.0 Å². The molecule has 1 aromatic rings. The van der Waals surface area contributed by atoms with Gasteiger partial charge in [0.15, 0.2) is 0 Å². The summed E-state index contributed by atoms with van der Waals surface area (Å²) in [4.78, 5) is 23.3. The molecule has 120 valence electrons. The van der Waals surface area contributed by atoms with Gasteiger partial charge in [-0.15, -0.1) is 0 Å². The first-order valence-electron chi connectivity index (χ1n) is 7.84. The highest BCUT2D eigenvalue weighted by Gasteiger charge is 2.17. The lowest BCUT2D eigenvalue weighted by Gasteiger charge is -2.10. The van der Waals surface area contributed by atoms with Gasteiger partial charge in [0.2, 0.25) is 11.8 Å². The van der Waals surface area contributed by atoms with Gasteiger partial charge in [-0.25, -0.2) is 0 Å². The number of nitrogens with one attached hydrogen (secondary N) is 2. The van der Waals surface area contributed by atoms with E-state index in [0.29, 0.717) is 17.3 Å². The van der Waals surface area contributed by atoms with Crippen LogP contribution >= 0.6 is 0 Å². The van der Waals surface area contributed by atoms with E-state index < -0.39 is 0 Å². The molecule has 0 spiro atoms. The molecule has 1 aliphatic rings. The molecular formula is C18H21N3O2. The molecule has 1 aromatic carbocycles. The number of nitrogens with zero attached hydrogens (tertiary/aromatic N) is 1. The first-order chi connectivity index (χ1) is 11.1. The third kappa shape index (κ3) is 5.26. The number of hydrogen-bond donors (Lipinski definition) is 2. The zero-order chi connectivity index (χ0) is 16.7. The molecule has 1 aliphatic carbocycles. The van der Waals surface area contributed by atoms with Crippen molar-refractivity contribution in [2.75, 3.05) is 10.6 Å². The van der Waals surface area contributed by atoms with Crippen molar-refractivity contribution in [2.45, 2.75) is 39.0 Å². The lowest BCUT2D eigenvalue weighted by Crippen LogP contribution is -2.11. The molecule has 2 rings (SSSR count). The molecule has 0 saturated heterocycles. The van der Waals surface area contributed by atoms with Crippen molar-refractivity contribution in [3.63, 3.8) is 0 Å². The molecule has 0 bridgehead atoms. The molecule has 0 unspecified atom stereocenters. The minimum Gasteiger partial charge on any atom is -0.325 e. The van der Waals surface area contributed by atoms with E-state index in [-0.39, 0.29) is 18.2 Å². The lowest BCUT2D eigenvalue weighted by atomic mass is 9.99. The number of allylic oxidation sites excluding steroid dienone is 1. The fourth-order valence-corrected chi connectivity index (χ4v) is 2.80. The van der Waals surface area contributed by atoms with Crippen molar-refractivity contribution in [1.29, 1.82) is 5.26 Å². The summed E-state index contributed by atoms with van der Waals surface area (Å²) < 4.78 is 0. The minimum atomic E-state index is -0.348. The molecule has 0 aliphatic heterocycles. The number of hydrogen-bond acceptors (Lipinski definition) is 3. The largest absolute Gasteiger partial charge is 0.325 e. The third-order valence-electron chi connectivity index (χ3n) is 4.03. The smallest absolute Gasteiger partial charge is 0.248 e. The van der Waals surface area contributed by atoms with Crippen molar-refractivity contribution >= 4 is 23.2 Å². The summed E-state index contributed by atoms with van der Waals surface area (Å²) in [6, 6.07) is 8.62. The average Bonchev–Trinajstić information content (AvgIpc) is 3.04. The van der Waals surface area contributed by atoms with Gasteiger partial charge in [0.1, 0.15) is 6.42 Å². The second-order valence-electron chi connectivity index (χ2n) is 5.82. The van der Waals surface area contributed by atoms with Crippen LogP contribution in [0, 0.1) is 17.2 Å². The summed E-state index contributed by atoms with van der Waals surface area (Å²) in [6.45, 7) is 2.02. The quantitative estimate of drug-likeness (QED) is 0.815. The molecule has 23 heavy (non-hydrogen) atoms. The Kier molecular flexibility index (Phi) is 5.93. The van der Waals surface area contributed by atoms with Crippen LogP contribution in [0.3, 0.4) is 0 Å². The fourth-order valence-electron chi connectivity index (χ4n) is 2.80. The Labute approximate surface area is 136 Å². The molecule has 5 heteroatoms. The SMILES string of the molecule is C/C(=C\C(=O)Nc1ccc(NC(=O)CC#N)cc1)C1CCCC1. The average molecular weight is 311 g/mol. The Bertz CT molecular complexity index is 635. The summed E-state index contributed by atoms with van der Waals surface area (Å²) in [5.41, 5.74) is 2.41. The number of benzene rings is 1. The number of rotatable bonds is 5. The second-order valence-corrected chi connectivity index (χ2v) is 5.82. The summed E-state index contributed by atoms with van der Waals surface area (Å²) in [7, 11) is 0. The first kappa shape index (κ1) is 16.8. The van der Waals surface area contributed by atoms with Crippen molar-refractivity contribution in [3.05, 3.63) is 35.9 Å². The van der Waals surface area contributed by atoms with Gasteiger partial charge in [0.05, 0.1) is 6.07 Å².